The summed E-state index contributed by atoms with van der Waals surface area (Å²) in [6.07, 6.45) is 5.82. The van der Waals surface area contributed by atoms with Crippen molar-refractivity contribution in [3.05, 3.63) is 22.4 Å². The summed E-state index contributed by atoms with van der Waals surface area (Å²) in [5, 5.41) is 15.9. The third-order valence-electron chi connectivity index (χ3n) is 5.45. The number of piperazine rings is 1. The molecule has 1 aromatic heterocycles. The zero-order chi connectivity index (χ0) is 17.5. The minimum atomic E-state index is -0.380. The smallest absolute Gasteiger partial charge is 0.223 e. The fourth-order valence-electron chi connectivity index (χ4n) is 3.96. The number of carbonyl (C=O) groups is 1. The van der Waals surface area contributed by atoms with Gasteiger partial charge in [-0.1, -0.05) is 18.9 Å². The standard InChI is InChI=1S/C19H31N3O2S/c23-17(18-6-4-14-25-18)15-16-5-2-1-3-10-21(16)11-7-19(24)22-12-8-20-9-13-22/h4,6,14,16-17,20,23H,1-3,5,7-13,15H2. The van der Waals surface area contributed by atoms with Crippen LogP contribution in [-0.4, -0.2) is 66.1 Å². The molecule has 0 bridgehead atoms. The first-order valence-corrected chi connectivity index (χ1v) is 10.6. The lowest BCUT2D eigenvalue weighted by atomic mass is 10.0. The minimum Gasteiger partial charge on any atom is -0.388 e. The van der Waals surface area contributed by atoms with Crippen LogP contribution in [0.4, 0.5) is 0 Å². The molecule has 0 spiro atoms. The Morgan fingerprint density at radius 1 is 1.28 bits per heavy atom. The van der Waals surface area contributed by atoms with Crippen LogP contribution in [0, 0.1) is 0 Å². The van der Waals surface area contributed by atoms with Crippen molar-refractivity contribution in [1.29, 1.82) is 0 Å². The van der Waals surface area contributed by atoms with Crippen LogP contribution in [0.2, 0.25) is 0 Å². The topological polar surface area (TPSA) is 55.8 Å². The Balaban J connectivity index is 1.53. The molecular formula is C19H31N3O2S. The van der Waals surface area contributed by atoms with E-state index in [9.17, 15) is 9.90 Å². The van der Waals surface area contributed by atoms with E-state index in [2.05, 4.69) is 10.2 Å². The summed E-state index contributed by atoms with van der Waals surface area (Å²) in [5.74, 6) is 0.281. The first-order chi connectivity index (χ1) is 12.2. The molecule has 2 fully saturated rings. The van der Waals surface area contributed by atoms with Gasteiger partial charge in [-0.25, -0.2) is 0 Å². The number of carbonyl (C=O) groups excluding carboxylic acids is 1. The molecule has 0 aliphatic carbocycles. The summed E-state index contributed by atoms with van der Waals surface area (Å²) in [6, 6.07) is 4.40. The zero-order valence-electron chi connectivity index (χ0n) is 15.0. The average Bonchev–Trinajstić information content (AvgIpc) is 3.10. The number of nitrogens with one attached hydrogen (secondary N) is 1. The van der Waals surface area contributed by atoms with Crippen molar-refractivity contribution in [3.63, 3.8) is 0 Å². The summed E-state index contributed by atoms with van der Waals surface area (Å²) in [6.45, 7) is 5.36. The van der Waals surface area contributed by atoms with Crippen molar-refractivity contribution in [2.24, 2.45) is 0 Å². The van der Waals surface area contributed by atoms with Crippen LogP contribution in [0.3, 0.4) is 0 Å². The summed E-state index contributed by atoms with van der Waals surface area (Å²) in [5.41, 5.74) is 0. The molecule has 6 heteroatoms. The van der Waals surface area contributed by atoms with Gasteiger partial charge in [0.2, 0.25) is 5.91 Å². The van der Waals surface area contributed by atoms with Crippen molar-refractivity contribution < 1.29 is 9.90 Å². The number of nitrogens with zero attached hydrogens (tertiary/aromatic N) is 2. The second-order valence-corrected chi connectivity index (χ2v) is 8.17. The number of hydrogen-bond acceptors (Lipinski definition) is 5. The van der Waals surface area contributed by atoms with Gasteiger partial charge in [0.05, 0.1) is 6.10 Å². The lowest BCUT2D eigenvalue weighted by molar-refractivity contribution is -0.132. The first-order valence-electron chi connectivity index (χ1n) is 9.68. The molecule has 2 saturated heterocycles. The minimum absolute atomic E-state index is 0.281. The largest absolute Gasteiger partial charge is 0.388 e. The van der Waals surface area contributed by atoms with Crippen molar-refractivity contribution >= 4 is 17.2 Å². The second-order valence-electron chi connectivity index (χ2n) is 7.19. The van der Waals surface area contributed by atoms with E-state index in [1.165, 1.54) is 19.3 Å². The van der Waals surface area contributed by atoms with Gasteiger partial charge in [0, 0.05) is 50.1 Å². The summed E-state index contributed by atoms with van der Waals surface area (Å²) < 4.78 is 0. The molecule has 1 aromatic rings. The zero-order valence-corrected chi connectivity index (χ0v) is 15.8. The van der Waals surface area contributed by atoms with Crippen LogP contribution >= 0.6 is 11.3 Å². The maximum Gasteiger partial charge on any atom is 0.223 e. The molecule has 2 aliphatic rings. The molecule has 25 heavy (non-hydrogen) atoms. The van der Waals surface area contributed by atoms with Crippen molar-refractivity contribution in [3.8, 4) is 0 Å². The summed E-state index contributed by atoms with van der Waals surface area (Å²) in [4.78, 5) is 18.0. The Kier molecular flexibility index (Phi) is 7.28. The molecule has 140 valence electrons. The number of aliphatic hydroxyl groups is 1. The van der Waals surface area contributed by atoms with Gasteiger partial charge in [0.25, 0.3) is 0 Å². The molecule has 3 rings (SSSR count). The van der Waals surface area contributed by atoms with Crippen LogP contribution in [0.15, 0.2) is 17.5 Å². The van der Waals surface area contributed by atoms with Crippen LogP contribution in [-0.2, 0) is 4.79 Å². The van der Waals surface area contributed by atoms with E-state index in [-0.39, 0.29) is 12.0 Å². The number of hydrogen-bond donors (Lipinski definition) is 2. The molecule has 2 unspecified atom stereocenters. The Bertz CT molecular complexity index is 517. The number of amides is 1. The molecule has 2 atom stereocenters. The van der Waals surface area contributed by atoms with Crippen LogP contribution < -0.4 is 5.32 Å². The second kappa shape index (κ2) is 9.67. The number of rotatable bonds is 6. The monoisotopic (exact) mass is 365 g/mol. The van der Waals surface area contributed by atoms with Gasteiger partial charge in [0.1, 0.15) is 0 Å². The molecule has 0 radical (unpaired) electrons. The molecule has 1 amide bonds. The highest BCUT2D eigenvalue weighted by Crippen LogP contribution is 2.28. The highest BCUT2D eigenvalue weighted by atomic mass is 32.1. The highest BCUT2D eigenvalue weighted by molar-refractivity contribution is 7.10. The van der Waals surface area contributed by atoms with E-state index in [1.54, 1.807) is 11.3 Å². The van der Waals surface area contributed by atoms with Crippen LogP contribution in [0.5, 0.6) is 0 Å². The Morgan fingerprint density at radius 3 is 2.88 bits per heavy atom. The van der Waals surface area contributed by atoms with Gasteiger partial charge in [-0.2, -0.15) is 0 Å². The fraction of sp³-hybridized carbons (Fsp3) is 0.737. The molecule has 2 aliphatic heterocycles. The number of thiophene rings is 1. The Labute approximate surface area is 155 Å². The quantitative estimate of drug-likeness (QED) is 0.812. The lowest BCUT2D eigenvalue weighted by Gasteiger charge is -2.33. The van der Waals surface area contributed by atoms with Gasteiger partial charge in [0.15, 0.2) is 0 Å². The molecular weight excluding hydrogens is 334 g/mol. The maximum atomic E-state index is 12.5. The van der Waals surface area contributed by atoms with Crippen molar-refractivity contribution in [2.75, 3.05) is 39.3 Å². The third-order valence-corrected chi connectivity index (χ3v) is 6.42. The SMILES string of the molecule is O=C(CCN1CCCCCC1CC(O)c1cccs1)N1CCNCC1. The predicted molar refractivity (Wildman–Crippen MR) is 102 cm³/mol. The molecule has 3 heterocycles. The lowest BCUT2D eigenvalue weighted by Crippen LogP contribution is -2.47. The molecule has 2 N–H and O–H groups in total. The van der Waals surface area contributed by atoms with Gasteiger partial charge < -0.3 is 15.3 Å². The third kappa shape index (κ3) is 5.51. The van der Waals surface area contributed by atoms with E-state index in [4.69, 9.17) is 0 Å². The van der Waals surface area contributed by atoms with Crippen molar-refractivity contribution in [2.45, 2.75) is 50.7 Å². The van der Waals surface area contributed by atoms with Gasteiger partial charge >= 0.3 is 0 Å². The van der Waals surface area contributed by atoms with E-state index >= 15 is 0 Å². The maximum absolute atomic E-state index is 12.5. The van der Waals surface area contributed by atoms with E-state index in [0.717, 1.165) is 57.0 Å². The Morgan fingerprint density at radius 2 is 2.12 bits per heavy atom. The molecule has 0 saturated carbocycles. The molecule has 0 aromatic carbocycles. The average molecular weight is 366 g/mol. The number of aliphatic hydroxyl groups excluding tert-OH is 1. The molecule has 5 nitrogen and oxygen atoms in total. The normalized spacial score (nSPS) is 24.0. The van der Waals surface area contributed by atoms with Gasteiger partial charge in [-0.3, -0.25) is 9.69 Å². The van der Waals surface area contributed by atoms with Crippen molar-refractivity contribution in [1.82, 2.24) is 15.1 Å². The fourth-order valence-corrected chi connectivity index (χ4v) is 4.69. The van der Waals surface area contributed by atoms with Crippen LogP contribution in [0.1, 0.15) is 49.5 Å². The number of likely N-dealkylation sites (tertiary alicyclic amines) is 1. The van der Waals surface area contributed by atoms with E-state index in [0.29, 0.717) is 12.5 Å². The van der Waals surface area contributed by atoms with Crippen LogP contribution in [0.25, 0.3) is 0 Å². The first kappa shape index (κ1) is 18.8. The summed E-state index contributed by atoms with van der Waals surface area (Å²) >= 11 is 1.63. The van der Waals surface area contributed by atoms with E-state index in [1.807, 2.05) is 22.4 Å². The van der Waals surface area contributed by atoms with Gasteiger partial charge in [-0.15, -0.1) is 11.3 Å². The highest BCUT2D eigenvalue weighted by Gasteiger charge is 2.26. The predicted octanol–water partition coefficient (Wildman–Crippen LogP) is 2.24. The Hall–Kier alpha value is -0.950. The van der Waals surface area contributed by atoms with Gasteiger partial charge in [-0.05, 0) is 37.3 Å². The summed E-state index contributed by atoms with van der Waals surface area (Å²) in [7, 11) is 0. The van der Waals surface area contributed by atoms with E-state index < -0.39 is 0 Å².